The second-order valence-electron chi connectivity index (χ2n) is 9.61. The van der Waals surface area contributed by atoms with Crippen LogP contribution in [0.4, 0.5) is 0 Å². The quantitative estimate of drug-likeness (QED) is 0.486. The topological polar surface area (TPSA) is 42.0 Å². The number of hydrogen-bond acceptors (Lipinski definition) is 4. The number of amides is 1. The van der Waals surface area contributed by atoms with Gasteiger partial charge in [-0.15, -0.1) is 0 Å². The van der Waals surface area contributed by atoms with Gasteiger partial charge in [-0.25, -0.2) is 0 Å². The molecule has 2 aliphatic rings. The molecular weight excluding hydrogens is 424 g/mol. The van der Waals surface area contributed by atoms with E-state index in [-0.39, 0.29) is 5.91 Å². The van der Waals surface area contributed by atoms with Gasteiger partial charge in [-0.3, -0.25) is 4.79 Å². The molecule has 0 spiro atoms. The summed E-state index contributed by atoms with van der Waals surface area (Å²) in [5.74, 6) is 1.98. The maximum atomic E-state index is 13.2. The SMILES string of the molecule is COc1cc2c(cc1OC)C(=O)N(CC1CCN(CCCc3ccc4ccccc4c3)C1)CC2. The van der Waals surface area contributed by atoms with E-state index in [0.29, 0.717) is 17.4 Å². The number of ether oxygens (including phenoxy) is 2. The number of carbonyl (C=O) groups excluding carboxylic acids is 1. The molecule has 1 amide bonds. The number of carbonyl (C=O) groups is 1. The summed E-state index contributed by atoms with van der Waals surface area (Å²) in [5.41, 5.74) is 3.23. The highest BCUT2D eigenvalue weighted by Gasteiger charge is 2.30. The monoisotopic (exact) mass is 458 g/mol. The van der Waals surface area contributed by atoms with E-state index in [0.717, 1.165) is 56.7 Å². The van der Waals surface area contributed by atoms with Gasteiger partial charge in [0.05, 0.1) is 14.2 Å². The molecule has 1 fully saturated rings. The van der Waals surface area contributed by atoms with Crippen LogP contribution in [0, 0.1) is 5.92 Å². The standard InChI is InChI=1S/C29H34N2O3/c1-33-27-17-25-12-15-31(29(32)26(25)18-28(27)34-2)20-22-11-14-30(19-22)13-5-6-21-9-10-23-7-3-4-8-24(23)16-21/h3-4,7-10,16-18,22H,5-6,11-15,19-20H2,1-2H3. The van der Waals surface area contributed by atoms with Gasteiger partial charge < -0.3 is 19.3 Å². The average molecular weight is 459 g/mol. The van der Waals surface area contributed by atoms with E-state index in [4.69, 9.17) is 9.47 Å². The smallest absolute Gasteiger partial charge is 0.254 e. The van der Waals surface area contributed by atoms with E-state index in [1.807, 2.05) is 17.0 Å². The second-order valence-corrected chi connectivity index (χ2v) is 9.61. The summed E-state index contributed by atoms with van der Waals surface area (Å²) in [6, 6.07) is 19.2. The minimum atomic E-state index is 0.122. The van der Waals surface area contributed by atoms with Gasteiger partial charge in [0.2, 0.25) is 0 Å². The highest BCUT2D eigenvalue weighted by Crippen LogP contribution is 2.33. The van der Waals surface area contributed by atoms with Crippen LogP contribution in [0.1, 0.15) is 34.3 Å². The summed E-state index contributed by atoms with van der Waals surface area (Å²) in [6.45, 7) is 4.96. The van der Waals surface area contributed by atoms with Gasteiger partial charge >= 0.3 is 0 Å². The van der Waals surface area contributed by atoms with Crippen molar-refractivity contribution in [3.05, 3.63) is 71.3 Å². The maximum absolute atomic E-state index is 13.2. The Labute approximate surface area is 202 Å². The average Bonchev–Trinajstić information content (AvgIpc) is 3.32. The highest BCUT2D eigenvalue weighted by atomic mass is 16.5. The molecule has 1 unspecified atom stereocenters. The van der Waals surface area contributed by atoms with Crippen LogP contribution in [0.25, 0.3) is 10.8 Å². The van der Waals surface area contributed by atoms with Crippen LogP contribution in [0.2, 0.25) is 0 Å². The van der Waals surface area contributed by atoms with Crippen LogP contribution in [0.15, 0.2) is 54.6 Å². The zero-order chi connectivity index (χ0) is 23.5. The predicted molar refractivity (Wildman–Crippen MR) is 136 cm³/mol. The first-order chi connectivity index (χ1) is 16.6. The number of rotatable bonds is 8. The Morgan fingerprint density at radius 1 is 0.941 bits per heavy atom. The normalized spacial score (nSPS) is 18.4. The summed E-state index contributed by atoms with van der Waals surface area (Å²) in [7, 11) is 3.25. The zero-order valence-corrected chi connectivity index (χ0v) is 20.3. The molecule has 5 heteroatoms. The fourth-order valence-corrected chi connectivity index (χ4v) is 5.51. The largest absolute Gasteiger partial charge is 0.493 e. The number of methoxy groups -OCH3 is 2. The van der Waals surface area contributed by atoms with E-state index in [1.54, 1.807) is 14.2 Å². The van der Waals surface area contributed by atoms with Crippen LogP contribution in [0.5, 0.6) is 11.5 Å². The molecule has 0 bridgehead atoms. The fraction of sp³-hybridized carbons (Fsp3) is 0.414. The Bertz CT molecular complexity index is 1180. The molecule has 1 saturated heterocycles. The molecule has 0 aliphatic carbocycles. The summed E-state index contributed by atoms with van der Waals surface area (Å²) >= 11 is 0. The molecule has 0 saturated carbocycles. The molecule has 1 atom stereocenters. The molecule has 3 aromatic rings. The minimum Gasteiger partial charge on any atom is -0.493 e. The number of benzene rings is 3. The molecule has 0 aromatic heterocycles. The lowest BCUT2D eigenvalue weighted by atomic mass is 9.96. The maximum Gasteiger partial charge on any atom is 0.254 e. The van der Waals surface area contributed by atoms with Crippen LogP contribution in [0.3, 0.4) is 0 Å². The molecule has 178 valence electrons. The Hall–Kier alpha value is -3.05. The van der Waals surface area contributed by atoms with Crippen molar-refractivity contribution in [3.63, 3.8) is 0 Å². The van der Waals surface area contributed by atoms with Crippen molar-refractivity contribution in [3.8, 4) is 11.5 Å². The van der Waals surface area contributed by atoms with Crippen LogP contribution in [-0.2, 0) is 12.8 Å². The molecule has 0 radical (unpaired) electrons. The first kappa shape index (κ1) is 22.7. The van der Waals surface area contributed by atoms with Crippen molar-refractivity contribution in [2.24, 2.45) is 5.92 Å². The van der Waals surface area contributed by atoms with Gasteiger partial charge in [0, 0.05) is 25.2 Å². The van der Waals surface area contributed by atoms with Crippen molar-refractivity contribution in [2.45, 2.75) is 25.7 Å². The lowest BCUT2D eigenvalue weighted by Gasteiger charge is -2.31. The number of hydrogen-bond donors (Lipinski definition) is 0. The van der Waals surface area contributed by atoms with Gasteiger partial charge in [0.1, 0.15) is 0 Å². The van der Waals surface area contributed by atoms with E-state index in [2.05, 4.69) is 47.4 Å². The number of nitrogens with zero attached hydrogens (tertiary/aromatic N) is 2. The summed E-state index contributed by atoms with van der Waals surface area (Å²) in [6.07, 6.45) is 4.31. The Kier molecular flexibility index (Phi) is 6.73. The Balaban J connectivity index is 1.12. The van der Waals surface area contributed by atoms with Crippen molar-refractivity contribution in [1.29, 1.82) is 0 Å². The third kappa shape index (κ3) is 4.76. The van der Waals surface area contributed by atoms with Crippen molar-refractivity contribution in [2.75, 3.05) is 46.9 Å². The Morgan fingerprint density at radius 2 is 1.74 bits per heavy atom. The molecule has 5 nitrogen and oxygen atoms in total. The van der Waals surface area contributed by atoms with Crippen LogP contribution < -0.4 is 9.47 Å². The van der Waals surface area contributed by atoms with Gasteiger partial charge in [0.15, 0.2) is 11.5 Å². The van der Waals surface area contributed by atoms with Crippen molar-refractivity contribution < 1.29 is 14.3 Å². The summed E-state index contributed by atoms with van der Waals surface area (Å²) in [5, 5.41) is 2.63. The van der Waals surface area contributed by atoms with Gasteiger partial charge in [0.25, 0.3) is 5.91 Å². The van der Waals surface area contributed by atoms with E-state index >= 15 is 0 Å². The van der Waals surface area contributed by atoms with E-state index in [9.17, 15) is 4.79 Å². The van der Waals surface area contributed by atoms with Gasteiger partial charge in [-0.2, -0.15) is 0 Å². The third-order valence-corrected chi connectivity index (χ3v) is 7.38. The Morgan fingerprint density at radius 3 is 2.56 bits per heavy atom. The second kappa shape index (κ2) is 10.1. The predicted octanol–water partition coefficient (Wildman–Crippen LogP) is 4.81. The summed E-state index contributed by atoms with van der Waals surface area (Å²) < 4.78 is 10.8. The minimum absolute atomic E-state index is 0.122. The first-order valence-corrected chi connectivity index (χ1v) is 12.4. The molecule has 3 aromatic carbocycles. The summed E-state index contributed by atoms with van der Waals surface area (Å²) in [4.78, 5) is 17.8. The van der Waals surface area contributed by atoms with E-state index in [1.165, 1.54) is 29.2 Å². The number of aryl methyl sites for hydroxylation is 1. The highest BCUT2D eigenvalue weighted by molar-refractivity contribution is 5.97. The molecule has 5 rings (SSSR count). The van der Waals surface area contributed by atoms with Gasteiger partial charge in [-0.05, 0) is 78.7 Å². The van der Waals surface area contributed by atoms with Crippen LogP contribution >= 0.6 is 0 Å². The van der Waals surface area contributed by atoms with Crippen LogP contribution in [-0.4, -0.2) is 62.7 Å². The zero-order valence-electron chi connectivity index (χ0n) is 20.3. The lowest BCUT2D eigenvalue weighted by Crippen LogP contribution is -2.41. The molecule has 34 heavy (non-hydrogen) atoms. The molecule has 2 heterocycles. The molecular formula is C29H34N2O3. The van der Waals surface area contributed by atoms with Crippen molar-refractivity contribution in [1.82, 2.24) is 9.80 Å². The van der Waals surface area contributed by atoms with Crippen molar-refractivity contribution >= 4 is 16.7 Å². The molecule has 0 N–H and O–H groups in total. The third-order valence-electron chi connectivity index (χ3n) is 7.38. The lowest BCUT2D eigenvalue weighted by molar-refractivity contribution is 0.0712. The van der Waals surface area contributed by atoms with E-state index < -0.39 is 0 Å². The fourth-order valence-electron chi connectivity index (χ4n) is 5.51. The van der Waals surface area contributed by atoms with Gasteiger partial charge in [-0.1, -0.05) is 42.5 Å². The first-order valence-electron chi connectivity index (χ1n) is 12.4. The number of fused-ring (bicyclic) bond motifs is 2. The molecule has 2 aliphatic heterocycles. The number of likely N-dealkylation sites (tertiary alicyclic amines) is 1.